The number of hydrogen-bond acceptors (Lipinski definition) is 6. The molecule has 1 aromatic carbocycles. The summed E-state index contributed by atoms with van der Waals surface area (Å²) in [6, 6.07) is 6.46. The van der Waals surface area contributed by atoms with Crippen LogP contribution >= 0.6 is 0 Å². The van der Waals surface area contributed by atoms with Gasteiger partial charge < -0.3 is 15.5 Å². The zero-order valence-electron chi connectivity index (χ0n) is 13.5. The maximum atomic E-state index is 14.2. The number of anilines is 3. The van der Waals surface area contributed by atoms with Crippen molar-refractivity contribution in [3.63, 3.8) is 0 Å². The summed E-state index contributed by atoms with van der Waals surface area (Å²) in [5.41, 5.74) is 1.70. The predicted molar refractivity (Wildman–Crippen MR) is 93.5 cm³/mol. The van der Waals surface area contributed by atoms with Crippen LogP contribution in [0, 0.1) is 5.82 Å². The Morgan fingerprint density at radius 2 is 2.00 bits per heavy atom. The van der Waals surface area contributed by atoms with E-state index in [-0.39, 0.29) is 5.82 Å². The fourth-order valence-corrected chi connectivity index (χ4v) is 3.83. The number of fused-ring (bicyclic) bond motifs is 3. The van der Waals surface area contributed by atoms with Crippen molar-refractivity contribution in [2.24, 2.45) is 0 Å². The molecule has 2 unspecified atom stereocenters. The Morgan fingerprint density at radius 3 is 2.84 bits per heavy atom. The van der Waals surface area contributed by atoms with Crippen LogP contribution in [0.4, 0.5) is 21.8 Å². The Hall–Kier alpha value is -2.74. The first kappa shape index (κ1) is 14.6. The molecule has 8 heteroatoms. The summed E-state index contributed by atoms with van der Waals surface area (Å²) >= 11 is 0. The van der Waals surface area contributed by atoms with Crippen LogP contribution in [-0.4, -0.2) is 45.3 Å². The van der Waals surface area contributed by atoms with Crippen molar-refractivity contribution >= 4 is 28.4 Å². The van der Waals surface area contributed by atoms with Gasteiger partial charge in [-0.05, 0) is 31.0 Å². The number of piperazine rings is 1. The summed E-state index contributed by atoms with van der Waals surface area (Å²) in [5.74, 6) is 0.339. The lowest BCUT2D eigenvalue weighted by molar-refractivity contribution is 0.475. The summed E-state index contributed by atoms with van der Waals surface area (Å²) < 4.78 is 14.2. The summed E-state index contributed by atoms with van der Waals surface area (Å²) in [6.45, 7) is 1.86. The molecule has 0 amide bonds. The molecular formula is C17H18FN7. The smallest absolute Gasteiger partial charge is 0.228 e. The molecule has 3 N–H and O–H groups in total. The number of aromatic amines is 1. The molecule has 0 saturated carbocycles. The van der Waals surface area contributed by atoms with Gasteiger partial charge in [0.15, 0.2) is 11.6 Å². The van der Waals surface area contributed by atoms with Crippen LogP contribution in [0.3, 0.4) is 0 Å². The summed E-state index contributed by atoms with van der Waals surface area (Å²) in [4.78, 5) is 11.0. The van der Waals surface area contributed by atoms with E-state index in [2.05, 4.69) is 35.7 Å². The summed E-state index contributed by atoms with van der Waals surface area (Å²) in [5, 5.41) is 14.4. The monoisotopic (exact) mass is 339 g/mol. The molecule has 5 rings (SSSR count). The number of rotatable bonds is 3. The number of benzene rings is 1. The highest BCUT2D eigenvalue weighted by Gasteiger charge is 2.38. The highest BCUT2D eigenvalue weighted by atomic mass is 19.1. The van der Waals surface area contributed by atoms with Crippen LogP contribution in [0.5, 0.6) is 0 Å². The number of aromatic nitrogens is 4. The van der Waals surface area contributed by atoms with E-state index in [0.717, 1.165) is 42.5 Å². The highest BCUT2D eigenvalue weighted by molar-refractivity contribution is 5.82. The summed E-state index contributed by atoms with van der Waals surface area (Å²) in [6.07, 6.45) is 5.24. The minimum Gasteiger partial charge on any atom is -0.338 e. The topological polar surface area (TPSA) is 81.8 Å². The van der Waals surface area contributed by atoms with Crippen molar-refractivity contribution in [1.29, 1.82) is 0 Å². The third-order valence-electron chi connectivity index (χ3n) is 5.05. The van der Waals surface area contributed by atoms with Gasteiger partial charge in [-0.2, -0.15) is 10.1 Å². The predicted octanol–water partition coefficient (Wildman–Crippen LogP) is 2.18. The molecule has 25 heavy (non-hydrogen) atoms. The molecule has 2 fully saturated rings. The fourth-order valence-electron chi connectivity index (χ4n) is 3.83. The van der Waals surface area contributed by atoms with Crippen LogP contribution in [0.2, 0.25) is 0 Å². The van der Waals surface area contributed by atoms with Gasteiger partial charge >= 0.3 is 0 Å². The Labute approximate surface area is 143 Å². The van der Waals surface area contributed by atoms with Crippen LogP contribution in [0.1, 0.15) is 12.8 Å². The maximum absolute atomic E-state index is 14.2. The Morgan fingerprint density at radius 1 is 1.16 bits per heavy atom. The van der Waals surface area contributed by atoms with E-state index in [1.54, 1.807) is 6.20 Å². The van der Waals surface area contributed by atoms with Crippen LogP contribution in [0.25, 0.3) is 10.9 Å². The minimum absolute atomic E-state index is 0.200. The molecule has 2 aliphatic rings. The first-order valence-electron chi connectivity index (χ1n) is 8.50. The van der Waals surface area contributed by atoms with Gasteiger partial charge in [0.2, 0.25) is 5.95 Å². The maximum Gasteiger partial charge on any atom is 0.228 e. The second-order valence-corrected chi connectivity index (χ2v) is 6.61. The van der Waals surface area contributed by atoms with E-state index < -0.39 is 5.82 Å². The molecule has 128 valence electrons. The van der Waals surface area contributed by atoms with Crippen molar-refractivity contribution in [2.45, 2.75) is 24.9 Å². The molecule has 2 atom stereocenters. The lowest BCUT2D eigenvalue weighted by Crippen LogP contribution is -2.52. The number of H-pyrrole nitrogens is 1. The van der Waals surface area contributed by atoms with Crippen molar-refractivity contribution in [1.82, 2.24) is 25.5 Å². The second kappa shape index (κ2) is 5.66. The quantitative estimate of drug-likeness (QED) is 0.678. The number of halogens is 1. The van der Waals surface area contributed by atoms with Crippen LogP contribution in [0.15, 0.2) is 30.6 Å². The first-order chi connectivity index (χ1) is 12.3. The Balaban J connectivity index is 1.46. The number of nitrogens with zero attached hydrogens (tertiary/aromatic N) is 4. The largest absolute Gasteiger partial charge is 0.338 e. The standard InChI is InChI=1S/C17H18FN7/c18-14-9-20-17(25-12-2-3-13(25)8-19-7-12)23-16(14)22-11-1-4-15-10(5-11)6-21-24-15/h1,4-6,9,12-13,19H,2-3,7-8H2,(H,21,24)(H,20,22,23). The average Bonchev–Trinajstić information content (AvgIpc) is 3.18. The Bertz CT molecular complexity index is 908. The molecule has 0 radical (unpaired) electrons. The van der Waals surface area contributed by atoms with E-state index >= 15 is 0 Å². The Kier molecular flexibility index (Phi) is 3.30. The molecule has 2 bridgehead atoms. The first-order valence-corrected chi connectivity index (χ1v) is 8.50. The molecule has 2 aliphatic heterocycles. The van der Waals surface area contributed by atoms with Crippen molar-refractivity contribution in [3.05, 3.63) is 36.4 Å². The van der Waals surface area contributed by atoms with Gasteiger partial charge in [-0.15, -0.1) is 0 Å². The van der Waals surface area contributed by atoms with Gasteiger partial charge in [-0.25, -0.2) is 9.37 Å². The van der Waals surface area contributed by atoms with E-state index in [4.69, 9.17) is 0 Å². The fraction of sp³-hybridized carbons (Fsp3) is 0.353. The zero-order chi connectivity index (χ0) is 16.8. The second-order valence-electron chi connectivity index (χ2n) is 6.61. The third-order valence-corrected chi connectivity index (χ3v) is 5.05. The van der Waals surface area contributed by atoms with E-state index in [0.29, 0.717) is 18.0 Å². The molecule has 0 aliphatic carbocycles. The van der Waals surface area contributed by atoms with E-state index in [9.17, 15) is 4.39 Å². The van der Waals surface area contributed by atoms with Gasteiger partial charge in [0, 0.05) is 36.2 Å². The van der Waals surface area contributed by atoms with Crippen LogP contribution in [-0.2, 0) is 0 Å². The summed E-state index contributed by atoms with van der Waals surface area (Å²) in [7, 11) is 0. The van der Waals surface area contributed by atoms with Gasteiger partial charge in [0.1, 0.15) is 0 Å². The number of nitrogens with one attached hydrogen (secondary N) is 3. The molecule has 4 heterocycles. The van der Waals surface area contributed by atoms with Gasteiger partial charge in [0.25, 0.3) is 0 Å². The average molecular weight is 339 g/mol. The molecule has 2 aromatic heterocycles. The third kappa shape index (κ3) is 2.49. The van der Waals surface area contributed by atoms with Crippen molar-refractivity contribution in [2.75, 3.05) is 23.3 Å². The molecule has 7 nitrogen and oxygen atoms in total. The zero-order valence-corrected chi connectivity index (χ0v) is 13.5. The van der Waals surface area contributed by atoms with Gasteiger partial charge in [0.05, 0.1) is 17.9 Å². The van der Waals surface area contributed by atoms with E-state index in [1.165, 1.54) is 6.20 Å². The SMILES string of the molecule is Fc1cnc(N2C3CCC2CNC3)nc1Nc1ccc2[nH]ncc2c1. The van der Waals surface area contributed by atoms with Crippen molar-refractivity contribution in [3.8, 4) is 0 Å². The molecule has 0 spiro atoms. The normalized spacial score (nSPS) is 22.5. The lowest BCUT2D eigenvalue weighted by Gasteiger charge is -2.35. The van der Waals surface area contributed by atoms with Gasteiger partial charge in [-0.1, -0.05) is 0 Å². The lowest BCUT2D eigenvalue weighted by atomic mass is 10.2. The van der Waals surface area contributed by atoms with Crippen LogP contribution < -0.4 is 15.5 Å². The molecule has 3 aromatic rings. The van der Waals surface area contributed by atoms with Gasteiger partial charge in [-0.3, -0.25) is 5.10 Å². The van der Waals surface area contributed by atoms with E-state index in [1.807, 2.05) is 18.2 Å². The van der Waals surface area contributed by atoms with Crippen molar-refractivity contribution < 1.29 is 4.39 Å². The number of hydrogen-bond donors (Lipinski definition) is 3. The minimum atomic E-state index is -0.460. The highest BCUT2D eigenvalue weighted by Crippen LogP contribution is 2.31. The molecular weight excluding hydrogens is 321 g/mol. The molecule has 2 saturated heterocycles.